The second-order valence-electron chi connectivity index (χ2n) is 8.05. The number of ether oxygens (including phenoxy) is 1. The van der Waals surface area contributed by atoms with Crippen molar-refractivity contribution in [3.05, 3.63) is 64.7 Å². The number of methoxy groups -OCH3 is 1. The van der Waals surface area contributed by atoms with Crippen LogP contribution in [0, 0.1) is 5.41 Å². The highest BCUT2D eigenvalue weighted by Crippen LogP contribution is 2.36. The first-order valence-electron chi connectivity index (χ1n) is 10.4. The fourth-order valence-corrected chi connectivity index (χ4v) is 4.42. The summed E-state index contributed by atoms with van der Waals surface area (Å²) in [4.78, 5) is 24.2. The standard InChI is InChI=1S/C24H28ClN3O3S/c1-24(13-4-14-32-3)16-28(27-22(24)17-5-9-19(25)10-6-17)15-21(29)26-20-11-7-18(8-12-20)23(30)31-2/h5-12H,4,13-16H2,1-3H3,(H,26,29). The smallest absolute Gasteiger partial charge is 0.337 e. The van der Waals surface area contributed by atoms with Gasteiger partial charge in [0.1, 0.15) is 6.54 Å². The van der Waals surface area contributed by atoms with E-state index < -0.39 is 5.97 Å². The van der Waals surface area contributed by atoms with Crippen molar-refractivity contribution < 1.29 is 14.3 Å². The Hall–Kier alpha value is -2.51. The van der Waals surface area contributed by atoms with Gasteiger partial charge in [-0.05, 0) is 66.8 Å². The number of hydrazone groups is 1. The predicted octanol–water partition coefficient (Wildman–Crippen LogP) is 4.93. The van der Waals surface area contributed by atoms with Crippen molar-refractivity contribution in [3.8, 4) is 0 Å². The van der Waals surface area contributed by atoms with Crippen LogP contribution in [0.2, 0.25) is 5.02 Å². The number of anilines is 1. The molecule has 0 spiro atoms. The zero-order chi connectivity index (χ0) is 23.1. The van der Waals surface area contributed by atoms with Crippen molar-refractivity contribution in [1.29, 1.82) is 0 Å². The zero-order valence-corrected chi connectivity index (χ0v) is 20.1. The molecule has 3 rings (SSSR count). The Kier molecular flexibility index (Phi) is 8.21. The Labute approximate surface area is 198 Å². The molecule has 1 amide bonds. The average Bonchev–Trinajstić information content (AvgIpc) is 3.10. The number of thioether (sulfide) groups is 1. The summed E-state index contributed by atoms with van der Waals surface area (Å²) in [5.74, 6) is 0.513. The minimum atomic E-state index is -0.412. The molecule has 2 aromatic carbocycles. The summed E-state index contributed by atoms with van der Waals surface area (Å²) in [5, 5.41) is 10.2. The number of carbonyl (C=O) groups is 2. The minimum absolute atomic E-state index is 0.147. The third kappa shape index (κ3) is 6.04. The van der Waals surface area contributed by atoms with Crippen molar-refractivity contribution in [1.82, 2.24) is 5.01 Å². The molecule has 32 heavy (non-hydrogen) atoms. The lowest BCUT2D eigenvalue weighted by atomic mass is 9.78. The Balaban J connectivity index is 1.70. The van der Waals surface area contributed by atoms with Gasteiger partial charge in [-0.3, -0.25) is 9.80 Å². The summed E-state index contributed by atoms with van der Waals surface area (Å²) in [5.41, 5.74) is 2.93. The maximum Gasteiger partial charge on any atom is 0.337 e. The highest BCUT2D eigenvalue weighted by molar-refractivity contribution is 7.98. The lowest BCUT2D eigenvalue weighted by molar-refractivity contribution is -0.117. The van der Waals surface area contributed by atoms with Crippen LogP contribution in [0.5, 0.6) is 0 Å². The van der Waals surface area contributed by atoms with E-state index in [1.807, 2.05) is 41.0 Å². The van der Waals surface area contributed by atoms with Crippen molar-refractivity contribution in [2.24, 2.45) is 10.5 Å². The number of halogens is 1. The Morgan fingerprint density at radius 3 is 2.50 bits per heavy atom. The number of hydrogen-bond acceptors (Lipinski definition) is 6. The quantitative estimate of drug-likeness (QED) is 0.413. The topological polar surface area (TPSA) is 71.0 Å². The highest BCUT2D eigenvalue weighted by atomic mass is 35.5. The minimum Gasteiger partial charge on any atom is -0.465 e. The van der Waals surface area contributed by atoms with E-state index in [-0.39, 0.29) is 17.9 Å². The van der Waals surface area contributed by atoms with Crippen LogP contribution in [-0.2, 0) is 9.53 Å². The first-order valence-corrected chi connectivity index (χ1v) is 12.2. The van der Waals surface area contributed by atoms with Crippen molar-refractivity contribution in [2.75, 3.05) is 37.5 Å². The van der Waals surface area contributed by atoms with Gasteiger partial charge in [0.25, 0.3) is 0 Å². The van der Waals surface area contributed by atoms with Crippen LogP contribution in [0.1, 0.15) is 35.7 Å². The van der Waals surface area contributed by atoms with Gasteiger partial charge in [-0.1, -0.05) is 30.7 Å². The molecule has 170 valence electrons. The number of benzene rings is 2. The van der Waals surface area contributed by atoms with Crippen LogP contribution < -0.4 is 5.32 Å². The second-order valence-corrected chi connectivity index (χ2v) is 9.47. The van der Waals surface area contributed by atoms with Crippen LogP contribution in [-0.4, -0.2) is 54.8 Å². The number of amides is 1. The normalized spacial score (nSPS) is 17.8. The van der Waals surface area contributed by atoms with Gasteiger partial charge >= 0.3 is 5.97 Å². The number of carbonyl (C=O) groups excluding carboxylic acids is 2. The first-order chi connectivity index (χ1) is 15.3. The molecule has 0 saturated carbocycles. The predicted molar refractivity (Wildman–Crippen MR) is 132 cm³/mol. The van der Waals surface area contributed by atoms with E-state index >= 15 is 0 Å². The number of hydrogen-bond donors (Lipinski definition) is 1. The number of nitrogens with one attached hydrogen (secondary N) is 1. The zero-order valence-electron chi connectivity index (χ0n) is 18.6. The molecule has 2 aromatic rings. The molecule has 0 radical (unpaired) electrons. The first kappa shape index (κ1) is 24.1. The fraction of sp³-hybridized carbons (Fsp3) is 0.375. The van der Waals surface area contributed by atoms with Crippen LogP contribution in [0.3, 0.4) is 0 Å². The molecule has 0 aromatic heterocycles. The molecule has 1 N–H and O–H groups in total. The van der Waals surface area contributed by atoms with Gasteiger partial charge in [0, 0.05) is 22.7 Å². The number of esters is 1. The SMILES string of the molecule is COC(=O)c1ccc(NC(=O)CN2CC(C)(CCCSC)C(c3ccc(Cl)cc3)=N2)cc1. The molecule has 1 heterocycles. The summed E-state index contributed by atoms with van der Waals surface area (Å²) in [6.07, 6.45) is 4.18. The molecule has 0 aliphatic carbocycles. The average molecular weight is 474 g/mol. The van der Waals surface area contributed by atoms with E-state index in [0.29, 0.717) is 22.8 Å². The molecule has 6 nitrogen and oxygen atoms in total. The molecule has 8 heteroatoms. The fourth-order valence-electron chi connectivity index (χ4n) is 3.86. The van der Waals surface area contributed by atoms with E-state index in [4.69, 9.17) is 21.4 Å². The summed E-state index contributed by atoms with van der Waals surface area (Å²) < 4.78 is 4.70. The molecule has 1 aliphatic rings. The lowest BCUT2D eigenvalue weighted by Crippen LogP contribution is -2.34. The van der Waals surface area contributed by atoms with Gasteiger partial charge in [0.2, 0.25) is 5.91 Å². The van der Waals surface area contributed by atoms with Gasteiger partial charge < -0.3 is 10.1 Å². The number of nitrogens with zero attached hydrogens (tertiary/aromatic N) is 2. The van der Waals surface area contributed by atoms with Gasteiger partial charge in [-0.15, -0.1) is 0 Å². The molecule has 1 aliphatic heterocycles. The van der Waals surface area contributed by atoms with Crippen molar-refractivity contribution >= 4 is 46.6 Å². The van der Waals surface area contributed by atoms with Gasteiger partial charge in [-0.2, -0.15) is 16.9 Å². The summed E-state index contributed by atoms with van der Waals surface area (Å²) >= 11 is 7.91. The third-order valence-electron chi connectivity index (χ3n) is 5.46. The molecular weight excluding hydrogens is 446 g/mol. The van der Waals surface area contributed by atoms with E-state index in [2.05, 4.69) is 18.5 Å². The Morgan fingerprint density at radius 1 is 1.19 bits per heavy atom. The van der Waals surface area contributed by atoms with Crippen LogP contribution >= 0.6 is 23.4 Å². The van der Waals surface area contributed by atoms with Crippen LogP contribution in [0.25, 0.3) is 0 Å². The molecule has 0 bridgehead atoms. The molecule has 1 atom stereocenters. The van der Waals surface area contributed by atoms with Crippen LogP contribution in [0.4, 0.5) is 5.69 Å². The van der Waals surface area contributed by atoms with E-state index in [9.17, 15) is 9.59 Å². The van der Waals surface area contributed by atoms with Crippen molar-refractivity contribution in [2.45, 2.75) is 19.8 Å². The second kappa shape index (κ2) is 10.9. The monoisotopic (exact) mass is 473 g/mol. The van der Waals surface area contributed by atoms with E-state index in [1.54, 1.807) is 24.3 Å². The molecular formula is C24H28ClN3O3S. The molecule has 0 saturated heterocycles. The Bertz CT molecular complexity index is 979. The number of rotatable bonds is 9. The lowest BCUT2D eigenvalue weighted by Gasteiger charge is -2.26. The van der Waals surface area contributed by atoms with Crippen LogP contribution in [0.15, 0.2) is 53.6 Å². The van der Waals surface area contributed by atoms with Gasteiger partial charge in [0.05, 0.1) is 18.4 Å². The van der Waals surface area contributed by atoms with E-state index in [1.165, 1.54) is 7.11 Å². The maximum absolute atomic E-state index is 12.7. The molecule has 1 unspecified atom stereocenters. The van der Waals surface area contributed by atoms with Gasteiger partial charge in [0.15, 0.2) is 0 Å². The van der Waals surface area contributed by atoms with Crippen molar-refractivity contribution in [3.63, 3.8) is 0 Å². The Morgan fingerprint density at radius 2 is 1.88 bits per heavy atom. The third-order valence-corrected chi connectivity index (χ3v) is 6.40. The molecule has 0 fully saturated rings. The highest BCUT2D eigenvalue weighted by Gasteiger charge is 2.39. The maximum atomic E-state index is 12.7. The summed E-state index contributed by atoms with van der Waals surface area (Å²) in [6, 6.07) is 14.3. The summed E-state index contributed by atoms with van der Waals surface area (Å²) in [7, 11) is 1.34. The van der Waals surface area contributed by atoms with Gasteiger partial charge in [-0.25, -0.2) is 4.79 Å². The van der Waals surface area contributed by atoms with E-state index in [0.717, 1.165) is 29.9 Å². The summed E-state index contributed by atoms with van der Waals surface area (Å²) in [6.45, 7) is 3.03. The largest absolute Gasteiger partial charge is 0.465 e.